The largest absolute Gasteiger partial charge is 0.500 e. The number of nitrogens with one attached hydrogen (secondary N) is 1. The van der Waals surface area contributed by atoms with Crippen molar-refractivity contribution in [1.82, 2.24) is 0 Å². The van der Waals surface area contributed by atoms with Gasteiger partial charge in [0.1, 0.15) is 6.23 Å². The Hall–Kier alpha value is -1.54. The molecule has 0 saturated carbocycles. The summed E-state index contributed by atoms with van der Waals surface area (Å²) in [6.45, 7) is 7.77. The van der Waals surface area contributed by atoms with Crippen molar-refractivity contribution in [2.24, 2.45) is 0 Å². The van der Waals surface area contributed by atoms with Crippen LogP contribution in [-0.2, 0) is 31.7 Å². The Morgan fingerprint density at radius 3 is 1.93 bits per heavy atom. The second-order valence-corrected chi connectivity index (χ2v) is 13.1. The molecule has 0 heterocycles. The average molecular weight is 460 g/mol. The molecule has 0 fully saturated rings. The Labute approximate surface area is 183 Å². The lowest BCUT2D eigenvalue weighted by atomic mass is 10.3. The summed E-state index contributed by atoms with van der Waals surface area (Å²) in [4.78, 5) is 11.0. The van der Waals surface area contributed by atoms with Gasteiger partial charge in [0, 0.05) is 59.4 Å². The molecule has 0 atom stereocenters. The summed E-state index contributed by atoms with van der Waals surface area (Å²) in [6, 6.07) is 10.9. The second kappa shape index (κ2) is 15.3. The summed E-state index contributed by atoms with van der Waals surface area (Å²) in [5.74, 6) is -0.409. The number of anilines is 1. The van der Waals surface area contributed by atoms with E-state index in [9.17, 15) is 4.79 Å². The molecule has 0 amide bonds. The van der Waals surface area contributed by atoms with Gasteiger partial charge in [-0.2, -0.15) is 0 Å². The smallest absolute Gasteiger partial charge is 0.460 e. The maximum atomic E-state index is 11.0. The number of rotatable bonds is 13. The topological polar surface area (TPSA) is 84.5 Å². The van der Waals surface area contributed by atoms with Crippen LogP contribution in [0.4, 0.5) is 5.69 Å². The van der Waals surface area contributed by atoms with Gasteiger partial charge in [-0.1, -0.05) is 24.8 Å². The third-order valence-corrected chi connectivity index (χ3v) is 9.60. The number of esters is 1. The van der Waals surface area contributed by atoms with Gasteiger partial charge < -0.3 is 32.2 Å². The van der Waals surface area contributed by atoms with E-state index in [2.05, 4.69) is 11.9 Å². The Bertz CT molecular complexity index is 600. The molecule has 0 bridgehead atoms. The Balaban J connectivity index is 0.000000584. The molecule has 172 valence electrons. The van der Waals surface area contributed by atoms with E-state index < -0.39 is 23.3 Å². The summed E-state index contributed by atoms with van der Waals surface area (Å²) in [5, 5.41) is 3.35. The molecule has 0 aliphatic heterocycles. The second-order valence-electron chi connectivity index (χ2n) is 6.59. The van der Waals surface area contributed by atoms with Crippen LogP contribution in [0.25, 0.3) is 0 Å². The van der Waals surface area contributed by atoms with Gasteiger partial charge in [-0.15, -0.1) is 0 Å². The van der Waals surface area contributed by atoms with Crippen molar-refractivity contribution in [3.05, 3.63) is 42.5 Å². The van der Waals surface area contributed by atoms with E-state index in [-0.39, 0.29) is 6.23 Å². The fourth-order valence-electron chi connectivity index (χ4n) is 2.17. The predicted octanol–water partition coefficient (Wildman–Crippen LogP) is 3.38. The summed E-state index contributed by atoms with van der Waals surface area (Å²) >= 11 is 0. The van der Waals surface area contributed by atoms with Crippen molar-refractivity contribution in [2.45, 2.75) is 25.9 Å². The van der Waals surface area contributed by atoms with Crippen molar-refractivity contribution in [1.29, 1.82) is 0 Å². The molecule has 0 saturated heterocycles. The van der Waals surface area contributed by atoms with Gasteiger partial charge in [0.2, 0.25) is 0 Å². The quantitative estimate of drug-likeness (QED) is 0.208. The lowest BCUT2D eigenvalue weighted by molar-refractivity contribution is -0.137. The molecule has 1 N–H and O–H groups in total. The van der Waals surface area contributed by atoms with Crippen LogP contribution in [0.2, 0.25) is 12.6 Å². The number of carbonyl (C=O) groups is 1. The van der Waals surface area contributed by atoms with E-state index in [1.165, 1.54) is 0 Å². The van der Waals surface area contributed by atoms with Crippen LogP contribution in [0.1, 0.15) is 13.3 Å². The number of para-hydroxylation sites is 1. The van der Waals surface area contributed by atoms with Crippen molar-refractivity contribution in [3.8, 4) is 0 Å². The minimum Gasteiger partial charge on any atom is -0.460 e. The van der Waals surface area contributed by atoms with Crippen LogP contribution in [0, 0.1) is 0 Å². The molecule has 0 aliphatic carbocycles. The third kappa shape index (κ3) is 11.0. The molecule has 0 aromatic heterocycles. The predicted molar refractivity (Wildman–Crippen MR) is 123 cm³/mol. The normalized spacial score (nSPS) is 11.3. The number of hydrogen-bond acceptors (Lipinski definition) is 8. The highest BCUT2D eigenvalue weighted by Gasteiger charge is 2.36. The lowest BCUT2D eigenvalue weighted by Gasteiger charge is -2.24. The van der Waals surface area contributed by atoms with Crippen LogP contribution in [0.3, 0.4) is 0 Å². The van der Waals surface area contributed by atoms with Crippen LogP contribution in [0.15, 0.2) is 42.5 Å². The van der Waals surface area contributed by atoms with Gasteiger partial charge >= 0.3 is 23.3 Å². The molecule has 0 unspecified atom stereocenters. The van der Waals surface area contributed by atoms with E-state index in [1.807, 2.05) is 36.9 Å². The van der Waals surface area contributed by atoms with Crippen molar-refractivity contribution in [2.75, 3.05) is 53.6 Å². The maximum absolute atomic E-state index is 11.0. The first-order chi connectivity index (χ1) is 14.2. The van der Waals surface area contributed by atoms with Gasteiger partial charge in [0.05, 0.1) is 0 Å². The van der Waals surface area contributed by atoms with Gasteiger partial charge in [-0.05, 0) is 32.0 Å². The highest BCUT2D eigenvalue weighted by molar-refractivity contribution is 6.66. The lowest BCUT2D eigenvalue weighted by Crippen LogP contribution is -2.42. The first-order valence-corrected chi connectivity index (χ1v) is 14.0. The van der Waals surface area contributed by atoms with E-state index >= 15 is 0 Å². The zero-order valence-corrected chi connectivity index (χ0v) is 21.3. The number of carbonyl (C=O) groups excluding carboxylic acids is 1. The van der Waals surface area contributed by atoms with E-state index in [1.54, 1.807) is 42.5 Å². The van der Waals surface area contributed by atoms with Crippen molar-refractivity contribution < 1.29 is 31.7 Å². The highest BCUT2D eigenvalue weighted by Crippen LogP contribution is 2.15. The molecule has 1 aromatic rings. The first kappa shape index (κ1) is 28.5. The van der Waals surface area contributed by atoms with Crippen LogP contribution >= 0.6 is 0 Å². The van der Waals surface area contributed by atoms with Gasteiger partial charge in [-0.3, -0.25) is 0 Å². The molecule has 1 aromatic carbocycles. The molecule has 30 heavy (non-hydrogen) atoms. The first-order valence-electron chi connectivity index (χ1n) is 9.58. The summed E-state index contributed by atoms with van der Waals surface area (Å²) in [5.41, 5.74) is 1.51. The average Bonchev–Trinajstić information content (AvgIpc) is 2.79. The van der Waals surface area contributed by atoms with E-state index in [0.717, 1.165) is 24.7 Å². The maximum Gasteiger partial charge on any atom is 0.500 e. The fourth-order valence-corrected chi connectivity index (χ4v) is 4.69. The number of ether oxygens (including phenoxy) is 1. The summed E-state index contributed by atoms with van der Waals surface area (Å²) < 4.78 is 31.2. The molecule has 0 aliphatic rings. The Kier molecular flexibility index (Phi) is 14.5. The molecule has 10 heteroatoms. The molecule has 8 nitrogen and oxygen atoms in total. The van der Waals surface area contributed by atoms with Crippen LogP contribution in [-0.4, -0.2) is 71.7 Å². The summed E-state index contributed by atoms with van der Waals surface area (Å²) in [6.07, 6.45) is 1.14. The monoisotopic (exact) mass is 459 g/mol. The Morgan fingerprint density at radius 1 is 0.967 bits per heavy atom. The van der Waals surface area contributed by atoms with Gasteiger partial charge in [-0.25, -0.2) is 4.79 Å². The molecule has 0 radical (unpaired) electrons. The highest BCUT2D eigenvalue weighted by atomic mass is 28.4. The van der Waals surface area contributed by atoms with Gasteiger partial charge in [0.15, 0.2) is 0 Å². The zero-order chi connectivity index (χ0) is 23.0. The zero-order valence-electron chi connectivity index (χ0n) is 19.3. The van der Waals surface area contributed by atoms with Gasteiger partial charge in [0.25, 0.3) is 0 Å². The summed E-state index contributed by atoms with van der Waals surface area (Å²) in [7, 11) is 3.33. The van der Waals surface area contributed by atoms with Crippen molar-refractivity contribution >= 4 is 29.0 Å². The van der Waals surface area contributed by atoms with Crippen LogP contribution < -0.4 is 5.32 Å². The molecule has 0 spiro atoms. The SMILES string of the molecule is C=C(C)C(=O)OC[Si](C)(OC)OC.CO[Si](CCCNc1ccccc1)(OC)OC. The number of hydrogen-bond donors (Lipinski definition) is 1. The molecule has 1 rings (SSSR count). The van der Waals surface area contributed by atoms with Crippen molar-refractivity contribution in [3.63, 3.8) is 0 Å². The fraction of sp³-hybridized carbons (Fsp3) is 0.550. The van der Waals surface area contributed by atoms with Crippen LogP contribution in [0.5, 0.6) is 0 Å². The standard InChI is InChI=1S/C12H21NO3Si.C8H16O4Si/c1-14-17(15-2,16-3)11-7-10-13-12-8-5-4-6-9-12;1-7(2)8(9)12-6-13(5,10-3)11-4/h4-6,8-9,13H,7,10-11H2,1-3H3;1,6H2,2-5H3. The van der Waals surface area contributed by atoms with E-state index in [0.29, 0.717) is 5.57 Å². The minimum atomic E-state index is -2.40. The third-order valence-electron chi connectivity index (χ3n) is 4.37. The molecular formula is C20H37NO7Si2. The van der Waals surface area contributed by atoms with E-state index in [4.69, 9.17) is 26.9 Å². The molecular weight excluding hydrogens is 422 g/mol. The minimum absolute atomic E-state index is 0.186. The number of benzene rings is 1. The Morgan fingerprint density at radius 2 is 1.50 bits per heavy atom.